The van der Waals surface area contributed by atoms with Gasteiger partial charge < -0.3 is 10.2 Å². The Kier molecular flexibility index (Phi) is 7.50. The summed E-state index contributed by atoms with van der Waals surface area (Å²) in [6, 6.07) is 17.3. The average molecular weight is 495 g/mol. The monoisotopic (exact) mass is 494 g/mol. The van der Waals surface area contributed by atoms with Crippen LogP contribution in [0.4, 0.5) is 0 Å². The number of fused-ring (bicyclic) bond motifs is 1. The molecule has 4 rings (SSSR count). The first-order chi connectivity index (χ1) is 16.3. The molecule has 2 aromatic heterocycles. The van der Waals surface area contributed by atoms with E-state index in [0.29, 0.717) is 33.8 Å². The number of carbonyl (C=O) groups excluding carboxylic acids is 1. The first-order valence-corrected chi connectivity index (χ1v) is 12.3. The lowest BCUT2D eigenvalue weighted by molar-refractivity contribution is 0.0941. The molecule has 1 atom stereocenters. The van der Waals surface area contributed by atoms with Gasteiger partial charge in [-0.15, -0.1) is 5.10 Å². The normalized spacial score (nSPS) is 12.3. The van der Waals surface area contributed by atoms with Gasteiger partial charge in [0.05, 0.1) is 6.04 Å². The van der Waals surface area contributed by atoms with Crippen molar-refractivity contribution in [2.75, 3.05) is 20.6 Å². The SMILES string of the molecule is Cc1cc(C)n2nc(SCc3ccccc3C(=O)NC[C@@H](c3ccccc3Cl)N(C)C)nc2n1. The van der Waals surface area contributed by atoms with Crippen LogP contribution in [0.15, 0.2) is 59.8 Å². The van der Waals surface area contributed by atoms with Crippen LogP contribution in [0.5, 0.6) is 0 Å². The number of benzene rings is 2. The highest BCUT2D eigenvalue weighted by Gasteiger charge is 2.19. The zero-order chi connectivity index (χ0) is 24.2. The van der Waals surface area contributed by atoms with Gasteiger partial charge in [0.25, 0.3) is 11.7 Å². The summed E-state index contributed by atoms with van der Waals surface area (Å²) in [7, 11) is 3.95. The molecule has 0 bridgehead atoms. The molecule has 0 fully saturated rings. The molecule has 0 spiro atoms. The van der Waals surface area contributed by atoms with E-state index in [1.807, 2.05) is 82.5 Å². The number of nitrogens with zero attached hydrogens (tertiary/aromatic N) is 5. The number of aromatic nitrogens is 4. The summed E-state index contributed by atoms with van der Waals surface area (Å²) < 4.78 is 1.74. The number of hydrogen-bond donors (Lipinski definition) is 1. The Morgan fingerprint density at radius 2 is 1.85 bits per heavy atom. The van der Waals surface area contributed by atoms with Crippen molar-refractivity contribution in [2.24, 2.45) is 0 Å². The summed E-state index contributed by atoms with van der Waals surface area (Å²) in [4.78, 5) is 24.1. The standard InChI is InChI=1S/C25H27ClN6OS/c1-16-13-17(2)32-24(28-16)29-25(30-32)34-15-18-9-5-6-10-19(18)23(33)27-14-22(31(3)4)20-11-7-8-12-21(20)26/h5-13,22H,14-15H2,1-4H3,(H,27,33)/t22-/m0/s1. The van der Waals surface area contributed by atoms with Crippen LogP contribution in [0.2, 0.25) is 5.02 Å². The predicted octanol–water partition coefficient (Wildman–Crippen LogP) is 4.72. The second-order valence-corrected chi connectivity index (χ2v) is 9.65. The largest absolute Gasteiger partial charge is 0.350 e. The lowest BCUT2D eigenvalue weighted by Crippen LogP contribution is -2.35. The lowest BCUT2D eigenvalue weighted by atomic mass is 10.0. The van der Waals surface area contributed by atoms with E-state index in [4.69, 9.17) is 11.6 Å². The summed E-state index contributed by atoms with van der Waals surface area (Å²) in [6.07, 6.45) is 0. The van der Waals surface area contributed by atoms with Gasteiger partial charge in [-0.2, -0.15) is 4.98 Å². The number of amides is 1. The minimum absolute atomic E-state index is 0.0412. The molecule has 34 heavy (non-hydrogen) atoms. The number of carbonyl (C=O) groups is 1. The minimum atomic E-state index is -0.119. The highest BCUT2D eigenvalue weighted by molar-refractivity contribution is 7.98. The van der Waals surface area contributed by atoms with Crippen LogP contribution in [0.3, 0.4) is 0 Å². The number of thioether (sulfide) groups is 1. The first-order valence-electron chi connectivity index (χ1n) is 10.9. The zero-order valence-electron chi connectivity index (χ0n) is 19.6. The maximum absolute atomic E-state index is 13.1. The van der Waals surface area contributed by atoms with Crippen LogP contribution >= 0.6 is 23.4 Å². The van der Waals surface area contributed by atoms with Crippen LogP contribution in [0.1, 0.15) is 38.9 Å². The van der Waals surface area contributed by atoms with Crippen molar-refractivity contribution in [1.29, 1.82) is 0 Å². The van der Waals surface area contributed by atoms with Gasteiger partial charge in [-0.3, -0.25) is 4.79 Å². The highest BCUT2D eigenvalue weighted by atomic mass is 35.5. The van der Waals surface area contributed by atoms with E-state index in [-0.39, 0.29) is 11.9 Å². The molecule has 0 unspecified atom stereocenters. The third kappa shape index (κ3) is 5.41. The van der Waals surface area contributed by atoms with E-state index >= 15 is 0 Å². The molecule has 1 amide bonds. The van der Waals surface area contributed by atoms with E-state index < -0.39 is 0 Å². The van der Waals surface area contributed by atoms with Gasteiger partial charge in [0.2, 0.25) is 5.16 Å². The van der Waals surface area contributed by atoms with Crippen molar-refractivity contribution in [3.63, 3.8) is 0 Å². The van der Waals surface area contributed by atoms with Gasteiger partial charge in [0, 0.05) is 34.3 Å². The number of halogens is 1. The summed E-state index contributed by atoms with van der Waals surface area (Å²) in [6.45, 7) is 4.36. The maximum Gasteiger partial charge on any atom is 0.253 e. The van der Waals surface area contributed by atoms with Crippen LogP contribution in [0.25, 0.3) is 5.78 Å². The van der Waals surface area contributed by atoms with Crippen molar-refractivity contribution in [3.8, 4) is 0 Å². The minimum Gasteiger partial charge on any atom is -0.350 e. The van der Waals surface area contributed by atoms with Crippen LogP contribution in [-0.2, 0) is 5.75 Å². The number of rotatable bonds is 8. The molecular weight excluding hydrogens is 468 g/mol. The highest BCUT2D eigenvalue weighted by Crippen LogP contribution is 2.26. The van der Waals surface area contributed by atoms with Gasteiger partial charge >= 0.3 is 0 Å². The molecule has 0 saturated heterocycles. The second-order valence-electron chi connectivity index (χ2n) is 8.30. The van der Waals surface area contributed by atoms with Crippen LogP contribution < -0.4 is 5.32 Å². The molecule has 2 aromatic carbocycles. The van der Waals surface area contributed by atoms with Gasteiger partial charge in [-0.05, 0) is 57.3 Å². The van der Waals surface area contributed by atoms with Gasteiger partial charge in [-0.1, -0.05) is 59.8 Å². The lowest BCUT2D eigenvalue weighted by Gasteiger charge is -2.26. The van der Waals surface area contributed by atoms with E-state index in [0.717, 1.165) is 22.5 Å². The molecule has 0 radical (unpaired) electrons. The molecule has 0 aliphatic rings. The summed E-state index contributed by atoms with van der Waals surface area (Å²) in [5.41, 5.74) is 4.43. The maximum atomic E-state index is 13.1. The molecule has 2 heterocycles. The summed E-state index contributed by atoms with van der Waals surface area (Å²) in [5.74, 6) is 1.03. The topological polar surface area (TPSA) is 75.4 Å². The van der Waals surface area contributed by atoms with E-state index in [1.54, 1.807) is 4.52 Å². The van der Waals surface area contributed by atoms with Crippen LogP contribution in [0, 0.1) is 13.8 Å². The molecule has 4 aromatic rings. The fourth-order valence-corrected chi connectivity index (χ4v) is 4.90. The number of aryl methyl sites for hydroxylation is 2. The summed E-state index contributed by atoms with van der Waals surface area (Å²) in [5, 5.41) is 8.95. The van der Waals surface area contributed by atoms with Gasteiger partial charge in [0.15, 0.2) is 0 Å². The number of hydrogen-bond acceptors (Lipinski definition) is 6. The Morgan fingerprint density at radius 1 is 1.12 bits per heavy atom. The second kappa shape index (κ2) is 10.5. The molecular formula is C25H27ClN6OS. The van der Waals surface area contributed by atoms with Crippen molar-refractivity contribution in [2.45, 2.75) is 30.8 Å². The molecule has 0 aliphatic carbocycles. The van der Waals surface area contributed by atoms with Crippen molar-refractivity contribution >= 4 is 35.0 Å². The van der Waals surface area contributed by atoms with Crippen molar-refractivity contribution < 1.29 is 4.79 Å². The van der Waals surface area contributed by atoms with E-state index in [2.05, 4.69) is 25.3 Å². The Bertz CT molecular complexity index is 1320. The average Bonchev–Trinajstić information content (AvgIpc) is 3.22. The number of likely N-dealkylation sites (N-methyl/N-ethyl adjacent to an activating group) is 1. The quantitative estimate of drug-likeness (QED) is 0.357. The third-order valence-corrected chi connectivity index (χ3v) is 6.79. The molecule has 9 heteroatoms. The first kappa shape index (κ1) is 24.2. The molecule has 176 valence electrons. The predicted molar refractivity (Wildman–Crippen MR) is 136 cm³/mol. The van der Waals surface area contributed by atoms with E-state index in [1.165, 1.54) is 11.8 Å². The van der Waals surface area contributed by atoms with Crippen molar-refractivity contribution in [3.05, 3.63) is 87.7 Å². The van der Waals surface area contributed by atoms with Crippen molar-refractivity contribution in [1.82, 2.24) is 29.8 Å². The Hall–Kier alpha value is -2.94. The van der Waals surface area contributed by atoms with E-state index in [9.17, 15) is 4.79 Å². The summed E-state index contributed by atoms with van der Waals surface area (Å²) >= 11 is 7.89. The Labute approximate surface area is 208 Å². The fourth-order valence-electron chi connectivity index (χ4n) is 3.82. The number of nitrogens with one attached hydrogen (secondary N) is 1. The Balaban J connectivity index is 1.47. The molecule has 7 nitrogen and oxygen atoms in total. The Morgan fingerprint density at radius 3 is 2.62 bits per heavy atom. The van der Waals surface area contributed by atoms with Gasteiger partial charge in [-0.25, -0.2) is 9.50 Å². The fraction of sp³-hybridized carbons (Fsp3) is 0.280. The molecule has 0 aliphatic heterocycles. The molecule has 0 saturated carbocycles. The van der Waals surface area contributed by atoms with Gasteiger partial charge in [0.1, 0.15) is 0 Å². The third-order valence-electron chi connectivity index (χ3n) is 5.56. The molecule has 1 N–H and O–H groups in total. The zero-order valence-corrected chi connectivity index (χ0v) is 21.2. The van der Waals surface area contributed by atoms with Crippen LogP contribution in [-0.4, -0.2) is 51.0 Å². The smallest absolute Gasteiger partial charge is 0.253 e.